The fourth-order valence-corrected chi connectivity index (χ4v) is 1.12. The molecule has 0 aliphatic heterocycles. The molecule has 81 valence electrons. The molecule has 0 unspecified atom stereocenters. The predicted octanol–water partition coefficient (Wildman–Crippen LogP) is 2.98. The zero-order chi connectivity index (χ0) is 11.3. The molecule has 0 fully saturated rings. The van der Waals surface area contributed by atoms with Gasteiger partial charge >= 0.3 is 5.97 Å². The highest BCUT2D eigenvalue weighted by Crippen LogP contribution is 2.18. The van der Waals surface area contributed by atoms with E-state index in [0.29, 0.717) is 6.61 Å². The number of carbonyl (C=O) groups excluding carboxylic acids is 1. The molecule has 1 aromatic rings. The number of esters is 1. The summed E-state index contributed by atoms with van der Waals surface area (Å²) in [5.74, 6) is -0.258. The third-order valence-corrected chi connectivity index (χ3v) is 1.77. The molecule has 0 heterocycles. The molecule has 0 atom stereocenters. The van der Waals surface area contributed by atoms with Crippen LogP contribution in [0.15, 0.2) is 30.3 Å². The average Bonchev–Trinajstić information content (AvgIpc) is 2.14. The van der Waals surface area contributed by atoms with Crippen LogP contribution in [0.2, 0.25) is 0 Å². The Morgan fingerprint density at radius 1 is 1.27 bits per heavy atom. The number of carbonyl (C=O) groups is 1. The van der Waals surface area contributed by atoms with Crippen LogP contribution in [0.4, 0.5) is 0 Å². The first-order valence-electron chi connectivity index (χ1n) is 5.04. The number of ether oxygens (including phenoxy) is 1. The van der Waals surface area contributed by atoms with E-state index in [9.17, 15) is 4.79 Å². The van der Waals surface area contributed by atoms with Crippen LogP contribution in [0.25, 0.3) is 0 Å². The summed E-state index contributed by atoms with van der Waals surface area (Å²) in [6.07, 6.45) is 1.59. The molecule has 0 aliphatic carbocycles. The minimum absolute atomic E-state index is 0.131. The second kappa shape index (κ2) is 4.96. The maximum absolute atomic E-state index is 11.4. The van der Waals surface area contributed by atoms with Crippen molar-refractivity contribution in [3.8, 4) is 0 Å². The van der Waals surface area contributed by atoms with Crippen LogP contribution in [0.5, 0.6) is 0 Å². The number of benzene rings is 1. The Hall–Kier alpha value is -1.31. The Kier molecular flexibility index (Phi) is 3.89. The van der Waals surface area contributed by atoms with Crippen molar-refractivity contribution in [1.82, 2.24) is 0 Å². The van der Waals surface area contributed by atoms with Gasteiger partial charge in [-0.2, -0.15) is 0 Å². The van der Waals surface area contributed by atoms with E-state index in [1.54, 1.807) is 6.42 Å². The lowest BCUT2D eigenvalue weighted by Gasteiger charge is -2.15. The van der Waals surface area contributed by atoms with E-state index in [0.717, 1.165) is 5.56 Å². The smallest absolute Gasteiger partial charge is 0.310 e. The zero-order valence-corrected chi connectivity index (χ0v) is 9.49. The van der Waals surface area contributed by atoms with Crippen LogP contribution in [0, 0.1) is 11.8 Å². The van der Waals surface area contributed by atoms with Gasteiger partial charge in [0, 0.05) is 0 Å². The van der Waals surface area contributed by atoms with Gasteiger partial charge in [-0.15, -0.1) is 0 Å². The van der Waals surface area contributed by atoms with Crippen molar-refractivity contribution in [3.63, 3.8) is 0 Å². The van der Waals surface area contributed by atoms with E-state index in [1.807, 2.05) is 51.1 Å². The maximum Gasteiger partial charge on any atom is 0.310 e. The van der Waals surface area contributed by atoms with E-state index >= 15 is 0 Å². The van der Waals surface area contributed by atoms with Crippen LogP contribution >= 0.6 is 0 Å². The molecule has 15 heavy (non-hydrogen) atoms. The fourth-order valence-electron chi connectivity index (χ4n) is 1.12. The van der Waals surface area contributed by atoms with Gasteiger partial charge in [0.05, 0.1) is 6.42 Å². The van der Waals surface area contributed by atoms with Gasteiger partial charge < -0.3 is 4.74 Å². The first-order valence-corrected chi connectivity index (χ1v) is 5.04. The Balaban J connectivity index is 2.35. The highest BCUT2D eigenvalue weighted by Gasteiger charge is 2.17. The van der Waals surface area contributed by atoms with E-state index in [2.05, 4.69) is 0 Å². The number of rotatable bonds is 3. The first kappa shape index (κ1) is 11.8. The largest absolute Gasteiger partial charge is 0.461 e. The predicted molar refractivity (Wildman–Crippen MR) is 60.0 cm³/mol. The summed E-state index contributed by atoms with van der Waals surface area (Å²) in [7, 11) is 0. The van der Waals surface area contributed by atoms with E-state index in [4.69, 9.17) is 4.74 Å². The Bertz CT molecular complexity index is 309. The minimum Gasteiger partial charge on any atom is -0.461 e. The molecule has 0 spiro atoms. The summed E-state index contributed by atoms with van der Waals surface area (Å²) in [4.78, 5) is 11.4. The van der Waals surface area contributed by atoms with Crippen molar-refractivity contribution in [2.75, 3.05) is 0 Å². The average molecular weight is 205 g/mol. The van der Waals surface area contributed by atoms with Crippen LogP contribution in [-0.4, -0.2) is 5.97 Å². The molecular formula is C13H17O2. The van der Waals surface area contributed by atoms with Gasteiger partial charge in [0.15, 0.2) is 0 Å². The fraction of sp³-hybridized carbons (Fsp3) is 0.385. The molecule has 1 aromatic carbocycles. The van der Waals surface area contributed by atoms with Crippen LogP contribution in [0.3, 0.4) is 0 Å². The lowest BCUT2D eigenvalue weighted by atomic mass is 9.92. The van der Waals surface area contributed by atoms with Crippen molar-refractivity contribution in [2.24, 2.45) is 5.41 Å². The van der Waals surface area contributed by atoms with Crippen molar-refractivity contribution < 1.29 is 9.53 Å². The van der Waals surface area contributed by atoms with Crippen molar-refractivity contribution >= 4 is 5.97 Å². The molecule has 0 N–H and O–H groups in total. The molecule has 2 nitrogen and oxygen atoms in total. The van der Waals surface area contributed by atoms with Gasteiger partial charge in [-0.3, -0.25) is 4.79 Å². The molecule has 0 aliphatic rings. The monoisotopic (exact) mass is 205 g/mol. The van der Waals surface area contributed by atoms with Gasteiger partial charge in [-0.05, 0) is 11.0 Å². The van der Waals surface area contributed by atoms with Gasteiger partial charge in [0.1, 0.15) is 6.61 Å². The summed E-state index contributed by atoms with van der Waals surface area (Å²) < 4.78 is 5.11. The maximum atomic E-state index is 11.4. The van der Waals surface area contributed by atoms with Crippen molar-refractivity contribution in [2.45, 2.75) is 27.4 Å². The van der Waals surface area contributed by atoms with Gasteiger partial charge in [0.25, 0.3) is 0 Å². The first-order chi connectivity index (χ1) is 6.97. The van der Waals surface area contributed by atoms with E-state index < -0.39 is 0 Å². The summed E-state index contributed by atoms with van der Waals surface area (Å²) in [5, 5.41) is 0. The molecule has 0 amide bonds. The van der Waals surface area contributed by atoms with Gasteiger partial charge in [-0.1, -0.05) is 51.1 Å². The molecule has 1 radical (unpaired) electrons. The molecule has 0 aromatic heterocycles. The van der Waals surface area contributed by atoms with Crippen molar-refractivity contribution in [1.29, 1.82) is 0 Å². The molecular weight excluding hydrogens is 188 g/mol. The quantitative estimate of drug-likeness (QED) is 0.709. The summed E-state index contributed by atoms with van der Waals surface area (Å²) in [6.45, 7) is 6.25. The van der Waals surface area contributed by atoms with Crippen LogP contribution in [-0.2, 0) is 16.1 Å². The number of hydrogen-bond acceptors (Lipinski definition) is 2. The molecule has 0 saturated heterocycles. The van der Waals surface area contributed by atoms with Gasteiger partial charge in [-0.25, -0.2) is 0 Å². The normalized spacial score (nSPS) is 11.1. The molecule has 2 heteroatoms. The Labute approximate surface area is 91.3 Å². The second-order valence-corrected chi connectivity index (χ2v) is 4.60. The van der Waals surface area contributed by atoms with E-state index in [-0.39, 0.29) is 11.4 Å². The van der Waals surface area contributed by atoms with Crippen LogP contribution in [0.1, 0.15) is 26.3 Å². The summed E-state index contributed by atoms with van der Waals surface area (Å²) in [5.41, 5.74) is 0.876. The molecule has 1 rings (SSSR count). The highest BCUT2D eigenvalue weighted by molar-refractivity contribution is 5.79. The third-order valence-electron chi connectivity index (χ3n) is 1.77. The summed E-state index contributed by atoms with van der Waals surface area (Å²) in [6, 6.07) is 9.66. The van der Waals surface area contributed by atoms with Crippen LogP contribution < -0.4 is 0 Å². The zero-order valence-electron chi connectivity index (χ0n) is 9.49. The molecule has 0 bridgehead atoms. The van der Waals surface area contributed by atoms with E-state index in [1.165, 1.54) is 0 Å². The van der Waals surface area contributed by atoms with Gasteiger partial charge in [0.2, 0.25) is 0 Å². The summed E-state index contributed by atoms with van der Waals surface area (Å²) >= 11 is 0. The SMILES string of the molecule is CC(C)(C)[CH]C(=O)OCc1ccccc1. The topological polar surface area (TPSA) is 26.3 Å². The second-order valence-electron chi connectivity index (χ2n) is 4.60. The number of hydrogen-bond donors (Lipinski definition) is 0. The highest BCUT2D eigenvalue weighted by atomic mass is 16.5. The third kappa shape index (κ3) is 5.21. The lowest BCUT2D eigenvalue weighted by molar-refractivity contribution is -0.141. The Morgan fingerprint density at radius 2 is 1.87 bits per heavy atom. The lowest BCUT2D eigenvalue weighted by Crippen LogP contribution is -2.16. The van der Waals surface area contributed by atoms with Crippen molar-refractivity contribution in [3.05, 3.63) is 42.3 Å². The Morgan fingerprint density at radius 3 is 2.40 bits per heavy atom. The minimum atomic E-state index is -0.258. The standard InChI is InChI=1S/C13H17O2/c1-13(2,3)9-12(14)15-10-11-7-5-4-6-8-11/h4-9H,10H2,1-3H3. The molecule has 0 saturated carbocycles.